The van der Waals surface area contributed by atoms with Gasteiger partial charge in [-0.1, -0.05) is 0 Å². The van der Waals surface area contributed by atoms with Crippen molar-refractivity contribution in [2.24, 2.45) is 0 Å². The Labute approximate surface area is 133 Å². The zero-order valence-corrected chi connectivity index (χ0v) is 14.0. The number of rotatable bonds is 3. The molecule has 0 aromatic heterocycles. The van der Waals surface area contributed by atoms with Crippen LogP contribution in [0.4, 0.5) is 0 Å². The molecule has 0 aliphatic carbocycles. The standard InChI is InChI=1S/C17H29N3O2/c1-13(17(22)18-9-3-4-10-18)19-11-5-7-15(19)16-8-6-12-20(16)14(2)21/h13,15-16H,3-12H2,1-2H3/t13-,15-,16-/m1/s1. The molecule has 0 saturated carbocycles. The van der Waals surface area contributed by atoms with Gasteiger partial charge in [-0.25, -0.2) is 0 Å². The summed E-state index contributed by atoms with van der Waals surface area (Å²) >= 11 is 0. The number of hydrogen-bond acceptors (Lipinski definition) is 3. The molecule has 124 valence electrons. The molecule has 3 saturated heterocycles. The second-order valence-corrected chi connectivity index (χ2v) is 7.08. The third kappa shape index (κ3) is 2.87. The fourth-order valence-corrected chi connectivity index (χ4v) is 4.64. The van der Waals surface area contributed by atoms with Crippen molar-refractivity contribution in [3.8, 4) is 0 Å². The average Bonchev–Trinajstić information content (AvgIpc) is 3.24. The Morgan fingerprint density at radius 1 is 0.909 bits per heavy atom. The van der Waals surface area contributed by atoms with Crippen LogP contribution < -0.4 is 0 Å². The first-order valence-corrected chi connectivity index (χ1v) is 8.91. The molecule has 0 spiro atoms. The summed E-state index contributed by atoms with van der Waals surface area (Å²) in [7, 11) is 0. The van der Waals surface area contributed by atoms with Gasteiger partial charge in [0.25, 0.3) is 0 Å². The Bertz CT molecular complexity index is 434. The van der Waals surface area contributed by atoms with Crippen LogP contribution in [0.25, 0.3) is 0 Å². The molecule has 2 amide bonds. The van der Waals surface area contributed by atoms with Crippen molar-refractivity contribution in [3.05, 3.63) is 0 Å². The van der Waals surface area contributed by atoms with E-state index in [0.717, 1.165) is 64.7 Å². The van der Waals surface area contributed by atoms with Crippen LogP contribution in [0, 0.1) is 0 Å². The van der Waals surface area contributed by atoms with E-state index in [1.807, 2.05) is 9.80 Å². The second kappa shape index (κ2) is 6.57. The maximum Gasteiger partial charge on any atom is 0.239 e. The molecule has 22 heavy (non-hydrogen) atoms. The van der Waals surface area contributed by atoms with Crippen molar-refractivity contribution < 1.29 is 9.59 Å². The Kier molecular flexibility index (Phi) is 4.71. The predicted octanol–water partition coefficient (Wildman–Crippen LogP) is 1.47. The summed E-state index contributed by atoms with van der Waals surface area (Å²) in [5.74, 6) is 0.477. The van der Waals surface area contributed by atoms with Crippen LogP contribution in [0.1, 0.15) is 52.4 Å². The summed E-state index contributed by atoms with van der Waals surface area (Å²) < 4.78 is 0. The lowest BCUT2D eigenvalue weighted by Crippen LogP contribution is -2.54. The van der Waals surface area contributed by atoms with E-state index in [9.17, 15) is 9.59 Å². The Morgan fingerprint density at radius 3 is 2.23 bits per heavy atom. The fraction of sp³-hybridized carbons (Fsp3) is 0.882. The van der Waals surface area contributed by atoms with Gasteiger partial charge in [0, 0.05) is 38.6 Å². The lowest BCUT2D eigenvalue weighted by molar-refractivity contribution is -0.136. The highest BCUT2D eigenvalue weighted by molar-refractivity contribution is 5.81. The highest BCUT2D eigenvalue weighted by Gasteiger charge is 2.42. The van der Waals surface area contributed by atoms with Gasteiger partial charge in [-0.2, -0.15) is 0 Å². The van der Waals surface area contributed by atoms with Gasteiger partial charge in [0.2, 0.25) is 11.8 Å². The molecule has 3 atom stereocenters. The minimum Gasteiger partial charge on any atom is -0.341 e. The third-order valence-corrected chi connectivity index (χ3v) is 5.76. The summed E-state index contributed by atoms with van der Waals surface area (Å²) in [6, 6.07) is 0.641. The zero-order valence-electron chi connectivity index (χ0n) is 14.0. The van der Waals surface area contributed by atoms with Crippen molar-refractivity contribution in [2.75, 3.05) is 26.2 Å². The molecule has 5 nitrogen and oxygen atoms in total. The number of carbonyl (C=O) groups excluding carboxylic acids is 2. The molecule has 3 aliphatic rings. The van der Waals surface area contributed by atoms with Crippen LogP contribution in [0.15, 0.2) is 0 Å². The number of nitrogens with zero attached hydrogens (tertiary/aromatic N) is 3. The van der Waals surface area contributed by atoms with Crippen molar-refractivity contribution in [1.29, 1.82) is 0 Å². The molecule has 3 heterocycles. The van der Waals surface area contributed by atoms with E-state index in [2.05, 4.69) is 11.8 Å². The largest absolute Gasteiger partial charge is 0.341 e. The van der Waals surface area contributed by atoms with Crippen LogP contribution in [-0.4, -0.2) is 70.8 Å². The molecule has 0 unspecified atom stereocenters. The summed E-state index contributed by atoms with van der Waals surface area (Å²) in [6.45, 7) is 7.46. The first kappa shape index (κ1) is 15.8. The van der Waals surface area contributed by atoms with Crippen molar-refractivity contribution in [3.63, 3.8) is 0 Å². The summed E-state index contributed by atoms with van der Waals surface area (Å²) in [5.41, 5.74) is 0. The second-order valence-electron chi connectivity index (χ2n) is 7.08. The van der Waals surface area contributed by atoms with Gasteiger partial charge in [-0.05, 0) is 52.0 Å². The minimum atomic E-state index is -0.0417. The molecule has 3 aliphatic heterocycles. The van der Waals surface area contributed by atoms with Crippen molar-refractivity contribution in [2.45, 2.75) is 70.5 Å². The zero-order chi connectivity index (χ0) is 15.7. The van der Waals surface area contributed by atoms with E-state index in [4.69, 9.17) is 0 Å². The molecule has 0 N–H and O–H groups in total. The van der Waals surface area contributed by atoms with Gasteiger partial charge in [0.05, 0.1) is 6.04 Å². The van der Waals surface area contributed by atoms with Crippen LogP contribution >= 0.6 is 0 Å². The molecular weight excluding hydrogens is 278 g/mol. The lowest BCUT2D eigenvalue weighted by atomic mass is 10.0. The van der Waals surface area contributed by atoms with Gasteiger partial charge in [0.1, 0.15) is 0 Å². The van der Waals surface area contributed by atoms with Crippen LogP contribution in [0.2, 0.25) is 0 Å². The molecule has 0 aromatic rings. The Morgan fingerprint density at radius 2 is 1.55 bits per heavy atom. The van der Waals surface area contributed by atoms with Crippen LogP contribution in [0.3, 0.4) is 0 Å². The van der Waals surface area contributed by atoms with Crippen LogP contribution in [-0.2, 0) is 9.59 Å². The van der Waals surface area contributed by atoms with Gasteiger partial charge in [0.15, 0.2) is 0 Å². The smallest absolute Gasteiger partial charge is 0.239 e. The highest BCUT2D eigenvalue weighted by Crippen LogP contribution is 2.32. The number of amides is 2. The summed E-state index contributed by atoms with van der Waals surface area (Å²) in [5, 5.41) is 0. The molecule has 3 rings (SSSR count). The first-order chi connectivity index (χ1) is 10.6. The van der Waals surface area contributed by atoms with Crippen molar-refractivity contribution >= 4 is 11.8 Å². The average molecular weight is 307 g/mol. The maximum absolute atomic E-state index is 12.7. The molecular formula is C17H29N3O2. The van der Waals surface area contributed by atoms with E-state index < -0.39 is 0 Å². The number of hydrogen-bond donors (Lipinski definition) is 0. The van der Waals surface area contributed by atoms with Crippen LogP contribution in [0.5, 0.6) is 0 Å². The van der Waals surface area contributed by atoms with E-state index in [1.54, 1.807) is 6.92 Å². The Balaban J connectivity index is 1.69. The monoisotopic (exact) mass is 307 g/mol. The van der Waals surface area contributed by atoms with Crippen molar-refractivity contribution in [1.82, 2.24) is 14.7 Å². The lowest BCUT2D eigenvalue weighted by Gasteiger charge is -2.38. The first-order valence-electron chi connectivity index (χ1n) is 8.91. The third-order valence-electron chi connectivity index (χ3n) is 5.76. The van der Waals surface area contributed by atoms with E-state index in [-0.39, 0.29) is 17.9 Å². The molecule has 0 aromatic carbocycles. The number of carbonyl (C=O) groups is 2. The minimum absolute atomic E-state index is 0.0417. The molecule has 0 radical (unpaired) electrons. The molecule has 3 fully saturated rings. The highest BCUT2D eigenvalue weighted by atomic mass is 16.2. The molecule has 0 bridgehead atoms. The van der Waals surface area contributed by atoms with E-state index in [0.29, 0.717) is 12.1 Å². The quantitative estimate of drug-likeness (QED) is 0.793. The number of likely N-dealkylation sites (tertiary alicyclic amines) is 3. The predicted molar refractivity (Wildman–Crippen MR) is 85.4 cm³/mol. The van der Waals surface area contributed by atoms with Gasteiger partial charge in [-0.15, -0.1) is 0 Å². The van der Waals surface area contributed by atoms with Gasteiger partial charge in [-0.3, -0.25) is 14.5 Å². The summed E-state index contributed by atoms with van der Waals surface area (Å²) in [4.78, 5) is 31.0. The fourth-order valence-electron chi connectivity index (χ4n) is 4.64. The maximum atomic E-state index is 12.7. The normalized spacial score (nSPS) is 31.0. The van der Waals surface area contributed by atoms with Gasteiger partial charge >= 0.3 is 0 Å². The summed E-state index contributed by atoms with van der Waals surface area (Å²) in [6.07, 6.45) is 6.73. The van der Waals surface area contributed by atoms with E-state index in [1.165, 1.54) is 0 Å². The van der Waals surface area contributed by atoms with E-state index >= 15 is 0 Å². The SMILES string of the molecule is CC(=O)N1CCC[C@@H]1[C@H]1CCCN1[C@H](C)C(=O)N1CCCC1. The topological polar surface area (TPSA) is 43.9 Å². The van der Waals surface area contributed by atoms with Gasteiger partial charge < -0.3 is 9.80 Å². The Hall–Kier alpha value is -1.10. The molecule has 5 heteroatoms.